The quantitative estimate of drug-likeness (QED) is 0.183. The van der Waals surface area contributed by atoms with Gasteiger partial charge in [-0.25, -0.2) is 0 Å². The Hall–Kier alpha value is -2.55. The van der Waals surface area contributed by atoms with Crippen LogP contribution in [0.4, 0.5) is 0 Å². The van der Waals surface area contributed by atoms with Crippen molar-refractivity contribution in [3.63, 3.8) is 0 Å². The molecule has 1 heterocycles. The third kappa shape index (κ3) is 6.99. The van der Waals surface area contributed by atoms with Crippen LogP contribution in [0.2, 0.25) is 0 Å². The molecule has 1 aliphatic heterocycles. The van der Waals surface area contributed by atoms with E-state index in [0.717, 1.165) is 25.7 Å². The topological polar surface area (TPSA) is 85.6 Å². The van der Waals surface area contributed by atoms with Crippen molar-refractivity contribution >= 4 is 11.9 Å². The summed E-state index contributed by atoms with van der Waals surface area (Å²) in [6.07, 6.45) is 9.45. The Balaban J connectivity index is 1.89. The Kier molecular flexibility index (Phi) is 9.84. The lowest BCUT2D eigenvalue weighted by atomic mass is 9.84. The summed E-state index contributed by atoms with van der Waals surface area (Å²) >= 11 is 0. The largest absolute Gasteiger partial charge is 0.492 e. The molecule has 31 heavy (non-hydrogen) atoms. The average Bonchev–Trinajstić information content (AvgIpc) is 2.78. The van der Waals surface area contributed by atoms with Gasteiger partial charge in [-0.1, -0.05) is 52.9 Å². The monoisotopic (exact) mass is 429 g/mol. The Bertz CT molecular complexity index is 779. The highest BCUT2D eigenvalue weighted by atomic mass is 16.6. The zero-order chi connectivity index (χ0) is 22.7. The van der Waals surface area contributed by atoms with Crippen LogP contribution in [0.5, 0.6) is 11.5 Å². The normalized spacial score (nSPS) is 17.5. The predicted octanol–water partition coefficient (Wildman–Crippen LogP) is 5.71. The van der Waals surface area contributed by atoms with Gasteiger partial charge in [0.2, 0.25) is 0 Å². The third-order valence-electron chi connectivity index (χ3n) is 6.11. The smallest absolute Gasteiger partial charge is 0.325 e. The van der Waals surface area contributed by atoms with E-state index in [1.807, 2.05) is 13.8 Å². The molecule has 0 amide bonds. The summed E-state index contributed by atoms with van der Waals surface area (Å²) in [7, 11) is 0. The van der Waals surface area contributed by atoms with Crippen LogP contribution in [0.1, 0.15) is 90.5 Å². The molecule has 0 N–H and O–H groups in total. The molecular weight excluding hydrogens is 394 g/mol. The van der Waals surface area contributed by atoms with Gasteiger partial charge in [-0.15, -0.1) is 0 Å². The van der Waals surface area contributed by atoms with Crippen molar-refractivity contribution in [1.82, 2.24) is 0 Å². The second-order valence-corrected chi connectivity index (χ2v) is 8.21. The number of carbonyl (C=O) groups excluding carboxylic acids is 2. The number of nitriles is 1. The number of carbonyl (C=O) groups is 2. The van der Waals surface area contributed by atoms with Gasteiger partial charge in [0.25, 0.3) is 0 Å². The zero-order valence-electron chi connectivity index (χ0n) is 19.1. The van der Waals surface area contributed by atoms with E-state index in [9.17, 15) is 14.9 Å². The fourth-order valence-electron chi connectivity index (χ4n) is 3.86. The summed E-state index contributed by atoms with van der Waals surface area (Å²) in [6, 6.07) is 6.79. The summed E-state index contributed by atoms with van der Waals surface area (Å²) in [6.45, 7) is 6.70. The minimum atomic E-state index is -0.930. The zero-order valence-corrected chi connectivity index (χ0v) is 19.1. The second-order valence-electron chi connectivity index (χ2n) is 8.21. The number of nitrogens with zero attached hydrogens (tertiary/aromatic N) is 1. The first-order valence-corrected chi connectivity index (χ1v) is 11.6. The van der Waals surface area contributed by atoms with Gasteiger partial charge < -0.3 is 14.2 Å². The van der Waals surface area contributed by atoms with Crippen molar-refractivity contribution in [2.45, 2.75) is 90.6 Å². The van der Waals surface area contributed by atoms with Crippen molar-refractivity contribution in [3.8, 4) is 17.6 Å². The minimum absolute atomic E-state index is 0.226. The number of esters is 2. The first-order chi connectivity index (χ1) is 15.0. The molecule has 6 heteroatoms. The lowest BCUT2D eigenvalue weighted by molar-refractivity contribution is -0.180. The summed E-state index contributed by atoms with van der Waals surface area (Å²) in [5, 5.41) is 9.43. The highest BCUT2D eigenvalue weighted by molar-refractivity contribution is 5.96. The number of rotatable bonds is 12. The molecule has 1 fully saturated rings. The molecule has 1 atom stereocenters. The number of hydrogen-bond acceptors (Lipinski definition) is 6. The van der Waals surface area contributed by atoms with Crippen LogP contribution in [-0.4, -0.2) is 24.1 Å². The van der Waals surface area contributed by atoms with E-state index in [-0.39, 0.29) is 5.75 Å². The first-order valence-electron chi connectivity index (χ1n) is 11.6. The predicted molar refractivity (Wildman–Crippen MR) is 118 cm³/mol. The van der Waals surface area contributed by atoms with E-state index in [2.05, 4.69) is 13.0 Å². The Morgan fingerprint density at radius 3 is 2.52 bits per heavy atom. The Morgan fingerprint density at radius 1 is 1.16 bits per heavy atom. The molecule has 0 radical (unpaired) electrons. The molecule has 1 aromatic rings. The molecule has 0 spiro atoms. The number of unbranched alkanes of at least 4 members (excludes halogenated alkanes) is 5. The Labute approximate surface area is 185 Å². The standard InChI is InChI=1S/C25H35NO5/c1-4-7-8-9-10-11-16-29-22-13-12-20(17-19(22)18-26)30-23(27)21-14-15-25(5-2,6-3)31-24(21)28/h12-13,17,21H,4-11,14-16H2,1-3H3/t21-/m0/s1. The summed E-state index contributed by atoms with van der Waals surface area (Å²) in [5.41, 5.74) is -0.171. The van der Waals surface area contributed by atoms with E-state index in [1.165, 1.54) is 31.7 Å². The maximum atomic E-state index is 12.5. The molecule has 0 bridgehead atoms. The van der Waals surface area contributed by atoms with Crippen molar-refractivity contribution in [3.05, 3.63) is 23.8 Å². The molecular formula is C25H35NO5. The van der Waals surface area contributed by atoms with Gasteiger partial charge in [-0.05, 0) is 44.2 Å². The lowest BCUT2D eigenvalue weighted by Gasteiger charge is -2.37. The molecule has 1 aromatic carbocycles. The fourth-order valence-corrected chi connectivity index (χ4v) is 3.86. The van der Waals surface area contributed by atoms with Gasteiger partial charge in [-0.2, -0.15) is 5.26 Å². The van der Waals surface area contributed by atoms with E-state index >= 15 is 0 Å². The van der Waals surface area contributed by atoms with Crippen LogP contribution in [0.25, 0.3) is 0 Å². The van der Waals surface area contributed by atoms with E-state index in [1.54, 1.807) is 12.1 Å². The molecule has 0 aliphatic carbocycles. The van der Waals surface area contributed by atoms with Crippen molar-refractivity contribution in [2.75, 3.05) is 6.61 Å². The van der Waals surface area contributed by atoms with Crippen LogP contribution in [0.3, 0.4) is 0 Å². The van der Waals surface area contributed by atoms with Gasteiger partial charge in [0.1, 0.15) is 23.2 Å². The molecule has 1 saturated heterocycles. The molecule has 1 aliphatic rings. The Morgan fingerprint density at radius 2 is 1.87 bits per heavy atom. The molecule has 0 saturated carbocycles. The van der Waals surface area contributed by atoms with E-state index in [4.69, 9.17) is 14.2 Å². The van der Waals surface area contributed by atoms with Crippen LogP contribution in [0, 0.1) is 17.2 Å². The SMILES string of the molecule is CCCCCCCCOc1ccc(OC(=O)[C@@H]2CCC(CC)(CC)OC2=O)cc1C#N. The van der Waals surface area contributed by atoms with Gasteiger partial charge in [-0.3, -0.25) is 9.59 Å². The number of hydrogen-bond donors (Lipinski definition) is 0. The maximum absolute atomic E-state index is 12.5. The van der Waals surface area contributed by atoms with Crippen molar-refractivity contribution < 1.29 is 23.8 Å². The van der Waals surface area contributed by atoms with Crippen LogP contribution < -0.4 is 9.47 Å². The molecule has 6 nitrogen and oxygen atoms in total. The van der Waals surface area contributed by atoms with E-state index < -0.39 is 23.5 Å². The summed E-state index contributed by atoms with van der Waals surface area (Å²) < 4.78 is 16.7. The van der Waals surface area contributed by atoms with Gasteiger partial charge >= 0.3 is 11.9 Å². The van der Waals surface area contributed by atoms with Gasteiger partial charge in [0, 0.05) is 6.07 Å². The summed E-state index contributed by atoms with van der Waals surface area (Å²) in [4.78, 5) is 24.9. The highest BCUT2D eigenvalue weighted by Crippen LogP contribution is 2.35. The van der Waals surface area contributed by atoms with Gasteiger partial charge in [0.05, 0.1) is 12.2 Å². The molecule has 0 aromatic heterocycles. The van der Waals surface area contributed by atoms with Crippen molar-refractivity contribution in [2.24, 2.45) is 5.92 Å². The first kappa shape index (κ1) is 24.7. The number of cyclic esters (lactones) is 1. The van der Waals surface area contributed by atoms with Crippen LogP contribution >= 0.6 is 0 Å². The highest BCUT2D eigenvalue weighted by Gasteiger charge is 2.43. The number of benzene rings is 1. The van der Waals surface area contributed by atoms with Crippen LogP contribution in [-0.2, 0) is 14.3 Å². The van der Waals surface area contributed by atoms with E-state index in [0.29, 0.717) is 30.8 Å². The average molecular weight is 430 g/mol. The molecule has 170 valence electrons. The minimum Gasteiger partial charge on any atom is -0.492 e. The fraction of sp³-hybridized carbons (Fsp3) is 0.640. The van der Waals surface area contributed by atoms with Crippen LogP contribution in [0.15, 0.2) is 18.2 Å². The molecule has 0 unspecified atom stereocenters. The van der Waals surface area contributed by atoms with Crippen molar-refractivity contribution in [1.29, 1.82) is 5.26 Å². The third-order valence-corrected chi connectivity index (χ3v) is 6.11. The lowest BCUT2D eigenvalue weighted by Crippen LogP contribution is -2.45. The van der Waals surface area contributed by atoms with Gasteiger partial charge in [0.15, 0.2) is 5.92 Å². The maximum Gasteiger partial charge on any atom is 0.325 e. The molecule has 2 rings (SSSR count). The number of ether oxygens (including phenoxy) is 3. The second kappa shape index (κ2) is 12.3. The summed E-state index contributed by atoms with van der Waals surface area (Å²) in [5.74, 6) is -1.40.